The molecule has 2 fully saturated rings. The number of carbonyl (C=O) groups excluding carboxylic acids is 1. The quantitative estimate of drug-likeness (QED) is 0.501. The van der Waals surface area contributed by atoms with Gasteiger partial charge >= 0.3 is 0 Å². The average molecular weight is 564 g/mol. The van der Waals surface area contributed by atoms with E-state index in [0.717, 1.165) is 30.4 Å². The molecule has 0 bridgehead atoms. The molecule has 9 nitrogen and oxygen atoms in total. The van der Waals surface area contributed by atoms with Crippen LogP contribution in [0.15, 0.2) is 52.3 Å². The highest BCUT2D eigenvalue weighted by Crippen LogP contribution is 2.28. The summed E-state index contributed by atoms with van der Waals surface area (Å²) >= 11 is 0. The first-order chi connectivity index (χ1) is 18.1. The van der Waals surface area contributed by atoms with Crippen LogP contribution < -0.4 is 10.1 Å². The van der Waals surface area contributed by atoms with Crippen LogP contribution in [0.4, 0.5) is 0 Å². The van der Waals surface area contributed by atoms with Crippen molar-refractivity contribution in [2.45, 2.75) is 62.3 Å². The van der Waals surface area contributed by atoms with Gasteiger partial charge in [0.25, 0.3) is 0 Å². The van der Waals surface area contributed by atoms with Crippen LogP contribution in [0.1, 0.15) is 50.2 Å². The zero-order chi connectivity index (χ0) is 27.3. The summed E-state index contributed by atoms with van der Waals surface area (Å²) in [5, 5.41) is 2.90. The monoisotopic (exact) mass is 563 g/mol. The second-order valence-corrected chi connectivity index (χ2v) is 13.8. The van der Waals surface area contributed by atoms with Crippen molar-refractivity contribution in [1.82, 2.24) is 13.9 Å². The van der Waals surface area contributed by atoms with E-state index in [1.807, 2.05) is 13.8 Å². The summed E-state index contributed by atoms with van der Waals surface area (Å²) in [5.74, 6) is -0.0154. The number of nitrogens with zero attached hydrogens (tertiary/aromatic N) is 2. The average Bonchev–Trinajstić information content (AvgIpc) is 2.93. The molecular formula is C27H37N3O6S2. The summed E-state index contributed by atoms with van der Waals surface area (Å²) in [7, 11) is -7.24. The largest absolute Gasteiger partial charge is 0.494 e. The van der Waals surface area contributed by atoms with E-state index in [9.17, 15) is 21.6 Å². The number of hydrogen-bond acceptors (Lipinski definition) is 6. The number of carbonyl (C=O) groups is 1. The van der Waals surface area contributed by atoms with Gasteiger partial charge in [-0.3, -0.25) is 4.79 Å². The number of nitrogens with one attached hydrogen (secondary N) is 1. The Hall–Kier alpha value is -2.47. The number of rotatable bonds is 9. The number of hydrogen-bond donors (Lipinski definition) is 1. The van der Waals surface area contributed by atoms with E-state index in [0.29, 0.717) is 44.8 Å². The first-order valence-electron chi connectivity index (χ1n) is 13.2. The van der Waals surface area contributed by atoms with Gasteiger partial charge in [-0.25, -0.2) is 16.8 Å². The van der Waals surface area contributed by atoms with Crippen molar-refractivity contribution in [3.63, 3.8) is 0 Å². The molecule has 11 heteroatoms. The maximum Gasteiger partial charge on any atom is 0.243 e. The van der Waals surface area contributed by atoms with Gasteiger partial charge in [0.2, 0.25) is 26.0 Å². The Morgan fingerprint density at radius 3 is 2.18 bits per heavy atom. The number of piperidine rings is 2. The summed E-state index contributed by atoms with van der Waals surface area (Å²) in [5.41, 5.74) is 1.52. The van der Waals surface area contributed by atoms with E-state index in [1.165, 1.54) is 8.61 Å². The molecule has 0 spiro atoms. The minimum absolute atomic E-state index is 0.118. The highest BCUT2D eigenvalue weighted by atomic mass is 32.2. The van der Waals surface area contributed by atoms with Gasteiger partial charge in [0.05, 0.1) is 22.3 Å². The maximum absolute atomic E-state index is 13.3. The van der Waals surface area contributed by atoms with Crippen LogP contribution >= 0.6 is 0 Å². The zero-order valence-corrected chi connectivity index (χ0v) is 23.7. The van der Waals surface area contributed by atoms with Crippen molar-refractivity contribution >= 4 is 26.0 Å². The van der Waals surface area contributed by atoms with Crippen LogP contribution in [-0.2, 0) is 31.4 Å². The van der Waals surface area contributed by atoms with Crippen LogP contribution in [0.2, 0.25) is 0 Å². The van der Waals surface area contributed by atoms with Gasteiger partial charge in [0.1, 0.15) is 5.75 Å². The second kappa shape index (κ2) is 12.1. The Labute approximate surface area is 226 Å². The van der Waals surface area contributed by atoms with E-state index >= 15 is 0 Å². The molecule has 2 saturated heterocycles. The molecule has 38 heavy (non-hydrogen) atoms. The molecule has 0 aromatic heterocycles. The number of amides is 1. The second-order valence-electron chi connectivity index (χ2n) is 9.89. The van der Waals surface area contributed by atoms with E-state index < -0.39 is 26.0 Å². The van der Waals surface area contributed by atoms with Crippen molar-refractivity contribution in [3.8, 4) is 5.75 Å². The minimum atomic E-state index is -3.74. The summed E-state index contributed by atoms with van der Waals surface area (Å²) in [4.78, 5) is 13.4. The van der Waals surface area contributed by atoms with Crippen molar-refractivity contribution in [2.75, 3.05) is 32.8 Å². The molecule has 2 aliphatic heterocycles. The summed E-state index contributed by atoms with van der Waals surface area (Å²) in [6, 6.07) is 11.4. The fourth-order valence-electron chi connectivity index (χ4n) is 4.99. The summed E-state index contributed by atoms with van der Waals surface area (Å²) < 4.78 is 60.7. The molecule has 2 aliphatic rings. The minimum Gasteiger partial charge on any atom is -0.494 e. The molecule has 0 saturated carbocycles. The Morgan fingerprint density at radius 2 is 1.53 bits per heavy atom. The van der Waals surface area contributed by atoms with E-state index in [2.05, 4.69) is 5.32 Å². The van der Waals surface area contributed by atoms with Crippen LogP contribution in [0.5, 0.6) is 5.75 Å². The fourth-order valence-corrected chi connectivity index (χ4v) is 8.12. The lowest BCUT2D eigenvalue weighted by atomic mass is 9.99. The third kappa shape index (κ3) is 6.39. The summed E-state index contributed by atoms with van der Waals surface area (Å²) in [6.07, 6.45) is 4.01. The lowest BCUT2D eigenvalue weighted by Gasteiger charge is -2.31. The molecule has 0 aliphatic carbocycles. The number of aryl methyl sites for hydroxylation is 1. The van der Waals surface area contributed by atoms with Crippen LogP contribution in [0.25, 0.3) is 0 Å². The highest BCUT2D eigenvalue weighted by Gasteiger charge is 2.33. The smallest absolute Gasteiger partial charge is 0.243 e. The van der Waals surface area contributed by atoms with Crippen LogP contribution in [-0.4, -0.2) is 64.1 Å². The van der Waals surface area contributed by atoms with Crippen molar-refractivity contribution in [2.24, 2.45) is 5.92 Å². The van der Waals surface area contributed by atoms with Gasteiger partial charge in [-0.05, 0) is 81.0 Å². The van der Waals surface area contributed by atoms with Gasteiger partial charge in [-0.1, -0.05) is 18.6 Å². The topological polar surface area (TPSA) is 113 Å². The van der Waals surface area contributed by atoms with E-state index in [4.69, 9.17) is 4.74 Å². The Bertz CT molecular complexity index is 1340. The lowest BCUT2D eigenvalue weighted by Crippen LogP contribution is -2.45. The normalized spacial score (nSPS) is 19.7. The third-order valence-corrected chi connectivity index (χ3v) is 11.0. The Balaban J connectivity index is 1.35. The molecular weight excluding hydrogens is 526 g/mol. The molecule has 4 rings (SSSR count). The third-order valence-electron chi connectivity index (χ3n) is 7.18. The molecule has 0 unspecified atom stereocenters. The maximum atomic E-state index is 13.3. The van der Waals surface area contributed by atoms with Crippen molar-refractivity contribution in [3.05, 3.63) is 53.6 Å². The Morgan fingerprint density at radius 1 is 0.895 bits per heavy atom. The van der Waals surface area contributed by atoms with E-state index in [-0.39, 0.29) is 28.8 Å². The molecule has 1 amide bonds. The van der Waals surface area contributed by atoms with Crippen molar-refractivity contribution in [1.29, 1.82) is 0 Å². The zero-order valence-electron chi connectivity index (χ0n) is 22.1. The summed E-state index contributed by atoms with van der Waals surface area (Å²) in [6.45, 7) is 6.00. The first kappa shape index (κ1) is 28.5. The molecule has 0 radical (unpaired) electrons. The molecule has 2 heterocycles. The number of ether oxygens (including phenoxy) is 1. The van der Waals surface area contributed by atoms with Gasteiger partial charge < -0.3 is 10.1 Å². The van der Waals surface area contributed by atoms with Crippen molar-refractivity contribution < 1.29 is 26.4 Å². The SMILES string of the molecule is CCOc1ccc(S(=O)(=O)N2CCC[C@@H](C(=O)NCc3ccc(S(=O)(=O)N4CCCCC4)cc3)C2)cc1C. The van der Waals surface area contributed by atoms with Gasteiger partial charge in [-0.2, -0.15) is 8.61 Å². The standard InChI is InChI=1S/C27H37N3O6S2/c1-3-36-26-14-13-25(18-21(26)2)38(34,35)30-17-7-8-23(20-30)27(31)28-19-22-9-11-24(12-10-22)37(32,33)29-15-5-4-6-16-29/h9-14,18,23H,3-8,15-17,19-20H2,1-2H3,(H,28,31)/t23-/m1/s1. The molecule has 2 aromatic rings. The van der Waals surface area contributed by atoms with Gasteiger partial charge in [-0.15, -0.1) is 0 Å². The Kier molecular flexibility index (Phi) is 9.12. The highest BCUT2D eigenvalue weighted by molar-refractivity contribution is 7.89. The molecule has 1 N–H and O–H groups in total. The van der Waals surface area contributed by atoms with Crippen LogP contribution in [0, 0.1) is 12.8 Å². The van der Waals surface area contributed by atoms with Gasteiger partial charge in [0.15, 0.2) is 0 Å². The lowest BCUT2D eigenvalue weighted by molar-refractivity contribution is -0.126. The molecule has 2 aromatic carbocycles. The van der Waals surface area contributed by atoms with Gasteiger partial charge in [0, 0.05) is 32.7 Å². The molecule has 1 atom stereocenters. The first-order valence-corrected chi connectivity index (χ1v) is 16.1. The predicted molar refractivity (Wildman–Crippen MR) is 145 cm³/mol. The number of sulfonamides is 2. The van der Waals surface area contributed by atoms with E-state index in [1.54, 1.807) is 42.5 Å². The van der Waals surface area contributed by atoms with Crippen LogP contribution in [0.3, 0.4) is 0 Å². The fraction of sp³-hybridized carbons (Fsp3) is 0.519. The molecule has 208 valence electrons. The predicted octanol–water partition coefficient (Wildman–Crippen LogP) is 3.29. The number of benzene rings is 2.